The lowest BCUT2D eigenvalue weighted by Gasteiger charge is -2.39. The van der Waals surface area contributed by atoms with Gasteiger partial charge in [-0.15, -0.1) is 0 Å². The van der Waals surface area contributed by atoms with E-state index in [-0.39, 0.29) is 12.0 Å². The summed E-state index contributed by atoms with van der Waals surface area (Å²) in [5.74, 6) is 1.41. The van der Waals surface area contributed by atoms with Gasteiger partial charge in [0.05, 0.1) is 0 Å². The lowest BCUT2D eigenvalue weighted by molar-refractivity contribution is -0.146. The lowest BCUT2D eigenvalue weighted by Crippen LogP contribution is -2.49. The van der Waals surface area contributed by atoms with Gasteiger partial charge in [-0.1, -0.05) is 31.9 Å². The Hall–Kier alpha value is -0.830. The fourth-order valence-corrected chi connectivity index (χ4v) is 2.96. The molecule has 1 aliphatic carbocycles. The minimum absolute atomic E-state index is 0.0840. The second-order valence-corrected chi connectivity index (χ2v) is 4.92. The van der Waals surface area contributed by atoms with E-state index >= 15 is 0 Å². The number of esters is 1. The molecule has 16 heavy (non-hydrogen) atoms. The molecule has 3 nitrogen and oxygen atoms in total. The standard InChI is InChI=1S/C13H21NO2/c1-2-7-16-13(15)12-8-10-5-3-4-6-11(10)9-14-12/h2,10-12,14H,1,3-9H2/t10-,11+,12-/m0/s1. The first-order valence-corrected chi connectivity index (χ1v) is 6.32. The summed E-state index contributed by atoms with van der Waals surface area (Å²) in [7, 11) is 0. The molecule has 90 valence electrons. The second kappa shape index (κ2) is 5.48. The molecule has 1 saturated heterocycles. The van der Waals surface area contributed by atoms with Crippen LogP contribution in [0.2, 0.25) is 0 Å². The third kappa shape index (κ3) is 2.64. The van der Waals surface area contributed by atoms with E-state index in [0.717, 1.165) is 24.8 Å². The van der Waals surface area contributed by atoms with Gasteiger partial charge >= 0.3 is 5.97 Å². The molecule has 2 aliphatic rings. The molecule has 3 atom stereocenters. The molecule has 0 amide bonds. The third-order valence-electron chi connectivity index (χ3n) is 3.86. The summed E-state index contributed by atoms with van der Waals surface area (Å²) in [5, 5.41) is 3.32. The Morgan fingerprint density at radius 2 is 2.12 bits per heavy atom. The number of nitrogens with one attached hydrogen (secondary N) is 1. The molecule has 0 aromatic heterocycles. The summed E-state index contributed by atoms with van der Waals surface area (Å²) in [6.07, 6.45) is 7.87. The molecule has 0 unspecified atom stereocenters. The average molecular weight is 223 g/mol. The summed E-state index contributed by atoms with van der Waals surface area (Å²) >= 11 is 0. The van der Waals surface area contributed by atoms with Gasteiger partial charge in [0.25, 0.3) is 0 Å². The highest BCUT2D eigenvalue weighted by Crippen LogP contribution is 2.35. The highest BCUT2D eigenvalue weighted by atomic mass is 16.5. The number of hydrogen-bond donors (Lipinski definition) is 1. The van der Waals surface area contributed by atoms with Crippen molar-refractivity contribution in [1.29, 1.82) is 0 Å². The zero-order chi connectivity index (χ0) is 11.4. The van der Waals surface area contributed by atoms with Gasteiger partial charge in [0, 0.05) is 0 Å². The molecule has 0 spiro atoms. The Balaban J connectivity index is 1.84. The number of ether oxygens (including phenoxy) is 1. The monoisotopic (exact) mass is 223 g/mol. The molecule has 0 bridgehead atoms. The van der Waals surface area contributed by atoms with Crippen molar-refractivity contribution in [1.82, 2.24) is 5.32 Å². The maximum atomic E-state index is 11.7. The summed E-state index contributed by atoms with van der Waals surface area (Å²) < 4.78 is 5.09. The predicted molar refractivity (Wildman–Crippen MR) is 63.0 cm³/mol. The van der Waals surface area contributed by atoms with Gasteiger partial charge < -0.3 is 10.1 Å². The fraction of sp³-hybridized carbons (Fsp3) is 0.769. The molecular formula is C13H21NO2. The molecule has 1 heterocycles. The van der Waals surface area contributed by atoms with Crippen molar-refractivity contribution in [2.75, 3.05) is 13.2 Å². The number of hydrogen-bond acceptors (Lipinski definition) is 3. The van der Waals surface area contributed by atoms with Gasteiger partial charge in [-0.2, -0.15) is 0 Å². The maximum absolute atomic E-state index is 11.7. The van der Waals surface area contributed by atoms with Crippen LogP contribution in [0.15, 0.2) is 12.7 Å². The summed E-state index contributed by atoms with van der Waals surface area (Å²) in [6.45, 7) is 4.85. The van der Waals surface area contributed by atoms with E-state index in [0.29, 0.717) is 6.61 Å². The van der Waals surface area contributed by atoms with E-state index in [1.807, 2.05) is 0 Å². The van der Waals surface area contributed by atoms with Crippen LogP contribution in [0.4, 0.5) is 0 Å². The first-order valence-electron chi connectivity index (χ1n) is 6.32. The van der Waals surface area contributed by atoms with Crippen LogP contribution in [-0.4, -0.2) is 25.2 Å². The van der Waals surface area contributed by atoms with Crippen LogP contribution in [0.1, 0.15) is 32.1 Å². The second-order valence-electron chi connectivity index (χ2n) is 4.92. The Bertz CT molecular complexity index is 265. The van der Waals surface area contributed by atoms with Crippen LogP contribution in [-0.2, 0) is 9.53 Å². The van der Waals surface area contributed by atoms with Crippen LogP contribution < -0.4 is 5.32 Å². The number of fused-ring (bicyclic) bond motifs is 1. The predicted octanol–water partition coefficient (Wildman–Crippen LogP) is 1.88. The Morgan fingerprint density at radius 3 is 2.88 bits per heavy atom. The van der Waals surface area contributed by atoms with E-state index in [9.17, 15) is 4.79 Å². The van der Waals surface area contributed by atoms with Crippen LogP contribution >= 0.6 is 0 Å². The maximum Gasteiger partial charge on any atom is 0.323 e. The summed E-state index contributed by atoms with van der Waals surface area (Å²) in [5.41, 5.74) is 0. The van der Waals surface area contributed by atoms with Crippen molar-refractivity contribution in [2.24, 2.45) is 11.8 Å². The highest BCUT2D eigenvalue weighted by Gasteiger charge is 2.35. The van der Waals surface area contributed by atoms with Gasteiger partial charge in [0.1, 0.15) is 12.6 Å². The molecule has 1 aliphatic heterocycles. The van der Waals surface area contributed by atoms with Crippen molar-refractivity contribution >= 4 is 5.97 Å². The minimum atomic E-state index is -0.107. The smallest absolute Gasteiger partial charge is 0.323 e. The largest absolute Gasteiger partial charge is 0.460 e. The number of carbonyl (C=O) groups excluding carboxylic acids is 1. The Morgan fingerprint density at radius 1 is 1.38 bits per heavy atom. The number of carbonyl (C=O) groups is 1. The molecule has 1 saturated carbocycles. The first kappa shape index (κ1) is 11.6. The van der Waals surface area contributed by atoms with Crippen molar-refractivity contribution in [3.8, 4) is 0 Å². The van der Waals surface area contributed by atoms with E-state index in [1.165, 1.54) is 25.7 Å². The molecule has 2 fully saturated rings. The van der Waals surface area contributed by atoms with E-state index in [2.05, 4.69) is 11.9 Å². The average Bonchev–Trinajstić information content (AvgIpc) is 2.35. The highest BCUT2D eigenvalue weighted by molar-refractivity contribution is 5.76. The van der Waals surface area contributed by atoms with Crippen molar-refractivity contribution in [3.63, 3.8) is 0 Å². The van der Waals surface area contributed by atoms with Gasteiger partial charge in [-0.25, -0.2) is 0 Å². The third-order valence-corrected chi connectivity index (χ3v) is 3.86. The van der Waals surface area contributed by atoms with E-state index < -0.39 is 0 Å². The number of piperidine rings is 1. The Kier molecular flexibility index (Phi) is 3.99. The first-order chi connectivity index (χ1) is 7.81. The SMILES string of the molecule is C=CCOC(=O)[C@@H]1C[C@@H]2CCCC[C@@H]2CN1. The van der Waals surface area contributed by atoms with Crippen molar-refractivity contribution in [2.45, 2.75) is 38.1 Å². The van der Waals surface area contributed by atoms with E-state index in [1.54, 1.807) is 6.08 Å². The van der Waals surface area contributed by atoms with Crippen LogP contribution in [0.5, 0.6) is 0 Å². The summed E-state index contributed by atoms with van der Waals surface area (Å²) in [6, 6.07) is -0.0840. The molecule has 2 rings (SSSR count). The van der Waals surface area contributed by atoms with Gasteiger partial charge in [0.2, 0.25) is 0 Å². The lowest BCUT2D eigenvalue weighted by atomic mass is 9.74. The topological polar surface area (TPSA) is 38.3 Å². The van der Waals surface area contributed by atoms with Gasteiger partial charge in [0.15, 0.2) is 0 Å². The quantitative estimate of drug-likeness (QED) is 0.586. The molecule has 0 radical (unpaired) electrons. The zero-order valence-corrected chi connectivity index (χ0v) is 9.78. The summed E-state index contributed by atoms with van der Waals surface area (Å²) in [4.78, 5) is 11.7. The van der Waals surface area contributed by atoms with Crippen LogP contribution in [0, 0.1) is 11.8 Å². The van der Waals surface area contributed by atoms with Gasteiger partial charge in [-0.05, 0) is 31.2 Å². The molecule has 0 aromatic rings. The molecular weight excluding hydrogens is 202 g/mol. The van der Waals surface area contributed by atoms with Crippen molar-refractivity contribution in [3.05, 3.63) is 12.7 Å². The van der Waals surface area contributed by atoms with E-state index in [4.69, 9.17) is 4.74 Å². The normalized spacial score (nSPS) is 33.9. The zero-order valence-electron chi connectivity index (χ0n) is 9.78. The van der Waals surface area contributed by atoms with Crippen molar-refractivity contribution < 1.29 is 9.53 Å². The minimum Gasteiger partial charge on any atom is -0.460 e. The molecule has 1 N–H and O–H groups in total. The Labute approximate surface area is 97.2 Å². The van der Waals surface area contributed by atoms with Crippen LogP contribution in [0.3, 0.4) is 0 Å². The molecule has 3 heteroatoms. The fourth-order valence-electron chi connectivity index (χ4n) is 2.96. The number of rotatable bonds is 3. The van der Waals surface area contributed by atoms with Gasteiger partial charge in [-0.3, -0.25) is 4.79 Å². The molecule has 0 aromatic carbocycles. The van der Waals surface area contributed by atoms with Crippen LogP contribution in [0.25, 0.3) is 0 Å².